The van der Waals surface area contributed by atoms with Gasteiger partial charge >= 0.3 is 0 Å². The molecule has 0 aliphatic rings. The van der Waals surface area contributed by atoms with Gasteiger partial charge in [0, 0.05) is 18.5 Å². The second kappa shape index (κ2) is 6.22. The second-order valence-electron chi connectivity index (χ2n) is 3.14. The van der Waals surface area contributed by atoms with Crippen molar-refractivity contribution < 1.29 is 5.11 Å². The van der Waals surface area contributed by atoms with E-state index in [1.807, 2.05) is 0 Å². The van der Waals surface area contributed by atoms with Gasteiger partial charge in [0.2, 0.25) is 0 Å². The number of nitrogens with one attached hydrogen (secondary N) is 1. The van der Waals surface area contributed by atoms with Crippen molar-refractivity contribution in [1.82, 2.24) is 4.98 Å². The van der Waals surface area contributed by atoms with E-state index in [1.165, 1.54) is 11.3 Å². The summed E-state index contributed by atoms with van der Waals surface area (Å²) in [5.41, 5.74) is 0. The van der Waals surface area contributed by atoms with E-state index in [-0.39, 0.29) is 6.61 Å². The number of halogens is 1. The molecule has 0 saturated carbocycles. The molecule has 1 rings (SSSR count). The molecule has 0 aliphatic carbocycles. The third-order valence-corrected chi connectivity index (χ3v) is 3.26. The van der Waals surface area contributed by atoms with Crippen molar-refractivity contribution in [2.45, 2.75) is 19.8 Å². The fraction of sp³-hybridized carbons (Fsp3) is 0.667. The van der Waals surface area contributed by atoms with Crippen molar-refractivity contribution in [3.05, 3.63) is 10.5 Å². The largest absolute Gasteiger partial charge is 0.396 e. The van der Waals surface area contributed by atoms with Gasteiger partial charge in [-0.05, 0) is 12.3 Å². The number of aliphatic hydroxyl groups is 1. The Bertz CT molecular complexity index is 267. The highest BCUT2D eigenvalue weighted by atomic mass is 35.5. The standard InChI is InChI=1S/C9H15ClN2OS/c1-2-7(3-4-13)5-11-9-12-8(10)6-14-9/h6-7,13H,2-5H2,1H3,(H,11,12). The Balaban J connectivity index is 2.31. The van der Waals surface area contributed by atoms with Crippen molar-refractivity contribution in [3.63, 3.8) is 0 Å². The molecule has 5 heteroatoms. The molecule has 0 saturated heterocycles. The van der Waals surface area contributed by atoms with Gasteiger partial charge in [-0.15, -0.1) is 11.3 Å². The number of aromatic nitrogens is 1. The molecule has 0 radical (unpaired) electrons. The summed E-state index contributed by atoms with van der Waals surface area (Å²) < 4.78 is 0. The molecule has 1 heterocycles. The Morgan fingerprint density at radius 1 is 1.71 bits per heavy atom. The van der Waals surface area contributed by atoms with Crippen molar-refractivity contribution in [2.75, 3.05) is 18.5 Å². The van der Waals surface area contributed by atoms with Crippen LogP contribution in [0.2, 0.25) is 5.15 Å². The highest BCUT2D eigenvalue weighted by molar-refractivity contribution is 7.14. The molecule has 1 unspecified atom stereocenters. The zero-order valence-corrected chi connectivity index (χ0v) is 9.74. The minimum absolute atomic E-state index is 0.249. The number of hydrogen-bond donors (Lipinski definition) is 2. The lowest BCUT2D eigenvalue weighted by Crippen LogP contribution is -2.14. The molecule has 0 amide bonds. The molecule has 0 aromatic carbocycles. The van der Waals surface area contributed by atoms with Crippen molar-refractivity contribution in [3.8, 4) is 0 Å². The molecule has 2 N–H and O–H groups in total. The van der Waals surface area contributed by atoms with E-state index in [0.29, 0.717) is 11.1 Å². The van der Waals surface area contributed by atoms with Crippen molar-refractivity contribution in [2.24, 2.45) is 5.92 Å². The Hall–Kier alpha value is -0.320. The highest BCUT2D eigenvalue weighted by Crippen LogP contribution is 2.19. The molecule has 0 bridgehead atoms. The van der Waals surface area contributed by atoms with Crippen LogP contribution in [0.15, 0.2) is 5.38 Å². The topological polar surface area (TPSA) is 45.1 Å². The van der Waals surface area contributed by atoms with Gasteiger partial charge in [-0.1, -0.05) is 24.9 Å². The number of anilines is 1. The fourth-order valence-electron chi connectivity index (χ4n) is 1.20. The van der Waals surface area contributed by atoms with E-state index in [1.54, 1.807) is 5.38 Å². The Labute approximate surface area is 93.1 Å². The highest BCUT2D eigenvalue weighted by Gasteiger charge is 2.06. The number of aliphatic hydroxyl groups excluding tert-OH is 1. The average Bonchev–Trinajstić information content (AvgIpc) is 2.59. The van der Waals surface area contributed by atoms with Crippen LogP contribution in [0.4, 0.5) is 5.13 Å². The summed E-state index contributed by atoms with van der Waals surface area (Å²) in [4.78, 5) is 4.09. The zero-order chi connectivity index (χ0) is 10.4. The van der Waals surface area contributed by atoms with E-state index in [2.05, 4.69) is 17.2 Å². The molecule has 0 fully saturated rings. The first-order valence-electron chi connectivity index (χ1n) is 4.72. The third kappa shape index (κ3) is 3.82. The van der Waals surface area contributed by atoms with Crippen LogP contribution in [0.3, 0.4) is 0 Å². The zero-order valence-electron chi connectivity index (χ0n) is 8.16. The van der Waals surface area contributed by atoms with Crippen LogP contribution < -0.4 is 5.32 Å². The summed E-state index contributed by atoms with van der Waals surface area (Å²) in [7, 11) is 0. The first-order valence-corrected chi connectivity index (χ1v) is 5.97. The van der Waals surface area contributed by atoms with Gasteiger partial charge in [0.15, 0.2) is 5.13 Å². The van der Waals surface area contributed by atoms with E-state index in [0.717, 1.165) is 24.5 Å². The van der Waals surface area contributed by atoms with Crippen molar-refractivity contribution in [1.29, 1.82) is 0 Å². The third-order valence-electron chi connectivity index (χ3n) is 2.13. The first-order chi connectivity index (χ1) is 6.76. The summed E-state index contributed by atoms with van der Waals surface area (Å²) in [5, 5.41) is 15.2. The van der Waals surface area contributed by atoms with Crippen LogP contribution in [0, 0.1) is 5.92 Å². The SMILES string of the molecule is CCC(CCO)CNc1nc(Cl)cs1. The number of thiazole rings is 1. The Morgan fingerprint density at radius 2 is 2.50 bits per heavy atom. The maximum atomic E-state index is 8.81. The Morgan fingerprint density at radius 3 is 3.00 bits per heavy atom. The number of rotatable bonds is 6. The molecular formula is C9H15ClN2OS. The smallest absolute Gasteiger partial charge is 0.184 e. The maximum Gasteiger partial charge on any atom is 0.184 e. The van der Waals surface area contributed by atoms with E-state index in [9.17, 15) is 0 Å². The fourth-order valence-corrected chi connectivity index (χ4v) is 2.05. The van der Waals surface area contributed by atoms with E-state index < -0.39 is 0 Å². The monoisotopic (exact) mass is 234 g/mol. The molecule has 1 aromatic heterocycles. The van der Waals surface area contributed by atoms with Gasteiger partial charge in [-0.3, -0.25) is 0 Å². The molecule has 1 atom stereocenters. The second-order valence-corrected chi connectivity index (χ2v) is 4.39. The Kier molecular flexibility index (Phi) is 5.22. The lowest BCUT2D eigenvalue weighted by molar-refractivity contribution is 0.258. The quantitative estimate of drug-likeness (QED) is 0.796. The normalized spacial score (nSPS) is 12.8. The minimum Gasteiger partial charge on any atom is -0.396 e. The van der Waals surface area contributed by atoms with Gasteiger partial charge in [-0.25, -0.2) is 4.98 Å². The van der Waals surface area contributed by atoms with Gasteiger partial charge in [0.1, 0.15) is 5.15 Å². The predicted molar refractivity (Wildman–Crippen MR) is 61.1 cm³/mol. The van der Waals surface area contributed by atoms with Crippen LogP contribution in [-0.2, 0) is 0 Å². The van der Waals surface area contributed by atoms with Gasteiger partial charge in [0.05, 0.1) is 0 Å². The van der Waals surface area contributed by atoms with Gasteiger partial charge in [0.25, 0.3) is 0 Å². The number of nitrogens with zero attached hydrogens (tertiary/aromatic N) is 1. The average molecular weight is 235 g/mol. The number of hydrogen-bond acceptors (Lipinski definition) is 4. The van der Waals surface area contributed by atoms with Crippen LogP contribution >= 0.6 is 22.9 Å². The molecular weight excluding hydrogens is 220 g/mol. The molecule has 0 spiro atoms. The molecule has 14 heavy (non-hydrogen) atoms. The van der Waals surface area contributed by atoms with Crippen LogP contribution in [0.1, 0.15) is 19.8 Å². The van der Waals surface area contributed by atoms with E-state index in [4.69, 9.17) is 16.7 Å². The molecule has 0 aliphatic heterocycles. The van der Waals surface area contributed by atoms with Crippen LogP contribution in [-0.4, -0.2) is 23.2 Å². The molecule has 1 aromatic rings. The first kappa shape index (κ1) is 11.8. The lowest BCUT2D eigenvalue weighted by atomic mass is 10.0. The molecule has 3 nitrogen and oxygen atoms in total. The summed E-state index contributed by atoms with van der Waals surface area (Å²) in [6.07, 6.45) is 1.90. The van der Waals surface area contributed by atoms with Crippen LogP contribution in [0.5, 0.6) is 0 Å². The van der Waals surface area contributed by atoms with Gasteiger partial charge in [-0.2, -0.15) is 0 Å². The van der Waals surface area contributed by atoms with Crippen LogP contribution in [0.25, 0.3) is 0 Å². The van der Waals surface area contributed by atoms with Crippen molar-refractivity contribution >= 4 is 28.1 Å². The summed E-state index contributed by atoms with van der Waals surface area (Å²) in [5.74, 6) is 0.502. The van der Waals surface area contributed by atoms with E-state index >= 15 is 0 Å². The maximum absolute atomic E-state index is 8.81. The summed E-state index contributed by atoms with van der Waals surface area (Å²) >= 11 is 7.19. The van der Waals surface area contributed by atoms with Gasteiger partial charge < -0.3 is 10.4 Å². The summed E-state index contributed by atoms with van der Waals surface area (Å²) in [6.45, 7) is 3.22. The lowest BCUT2D eigenvalue weighted by Gasteiger charge is -2.13. The summed E-state index contributed by atoms with van der Waals surface area (Å²) in [6, 6.07) is 0. The molecule has 80 valence electrons. The minimum atomic E-state index is 0.249. The predicted octanol–water partition coefficient (Wildman–Crippen LogP) is 2.62.